The van der Waals surface area contributed by atoms with E-state index in [1.165, 1.54) is 11.1 Å². The third-order valence-corrected chi connectivity index (χ3v) is 4.10. The van der Waals surface area contributed by atoms with Crippen LogP contribution in [0.4, 0.5) is 0 Å². The maximum Gasteiger partial charge on any atom is 0.124 e. The van der Waals surface area contributed by atoms with Crippen molar-refractivity contribution in [3.8, 4) is 10.6 Å². The molecular formula is C14H10ClNS. The second kappa shape index (κ2) is 4.13. The fourth-order valence-corrected chi connectivity index (χ4v) is 3.20. The SMILES string of the molecule is Cc1ccccc1-c1nc2c(Cl)cccc2s1. The molecule has 3 aromatic rings. The van der Waals surface area contributed by atoms with Crippen molar-refractivity contribution in [2.45, 2.75) is 6.92 Å². The molecule has 3 heteroatoms. The van der Waals surface area contributed by atoms with Gasteiger partial charge >= 0.3 is 0 Å². The Morgan fingerprint density at radius 1 is 1.06 bits per heavy atom. The number of fused-ring (bicyclic) bond motifs is 1. The van der Waals surface area contributed by atoms with Crippen molar-refractivity contribution in [1.82, 2.24) is 4.98 Å². The van der Waals surface area contributed by atoms with Crippen molar-refractivity contribution in [2.24, 2.45) is 0 Å². The van der Waals surface area contributed by atoms with Crippen molar-refractivity contribution in [2.75, 3.05) is 0 Å². The normalized spacial score (nSPS) is 10.9. The molecule has 0 N–H and O–H groups in total. The first kappa shape index (κ1) is 10.8. The molecule has 0 fully saturated rings. The Morgan fingerprint density at radius 3 is 2.65 bits per heavy atom. The van der Waals surface area contributed by atoms with E-state index in [-0.39, 0.29) is 0 Å². The second-order valence-corrected chi connectivity index (χ2v) is 5.36. The Bertz CT molecular complexity index is 688. The van der Waals surface area contributed by atoms with Crippen molar-refractivity contribution in [3.05, 3.63) is 53.1 Å². The fraction of sp³-hybridized carbons (Fsp3) is 0.0714. The molecule has 0 amide bonds. The van der Waals surface area contributed by atoms with Gasteiger partial charge in [0.25, 0.3) is 0 Å². The molecule has 0 saturated carbocycles. The molecule has 0 bridgehead atoms. The van der Waals surface area contributed by atoms with Gasteiger partial charge in [-0.15, -0.1) is 11.3 Å². The van der Waals surface area contributed by atoms with Gasteiger partial charge in [-0.3, -0.25) is 0 Å². The summed E-state index contributed by atoms with van der Waals surface area (Å²) in [4.78, 5) is 4.63. The minimum absolute atomic E-state index is 0.721. The Labute approximate surface area is 109 Å². The molecule has 84 valence electrons. The summed E-state index contributed by atoms with van der Waals surface area (Å²) in [6.07, 6.45) is 0. The first-order valence-electron chi connectivity index (χ1n) is 5.37. The molecular weight excluding hydrogens is 250 g/mol. The summed E-state index contributed by atoms with van der Waals surface area (Å²) in [5.41, 5.74) is 3.32. The van der Waals surface area contributed by atoms with Gasteiger partial charge < -0.3 is 0 Å². The third kappa shape index (κ3) is 1.84. The van der Waals surface area contributed by atoms with Crippen LogP contribution in [0, 0.1) is 6.92 Å². The monoisotopic (exact) mass is 259 g/mol. The summed E-state index contributed by atoms with van der Waals surface area (Å²) < 4.78 is 1.13. The van der Waals surface area contributed by atoms with Crippen LogP contribution in [-0.2, 0) is 0 Å². The molecule has 0 aliphatic rings. The smallest absolute Gasteiger partial charge is 0.124 e. The molecule has 0 radical (unpaired) electrons. The zero-order valence-corrected chi connectivity index (χ0v) is 10.8. The highest BCUT2D eigenvalue weighted by Gasteiger charge is 2.09. The topological polar surface area (TPSA) is 12.9 Å². The van der Waals surface area contributed by atoms with Gasteiger partial charge in [-0.25, -0.2) is 4.98 Å². The van der Waals surface area contributed by atoms with Gasteiger partial charge in [-0.05, 0) is 24.6 Å². The summed E-state index contributed by atoms with van der Waals surface area (Å²) in [6.45, 7) is 2.10. The molecule has 0 aliphatic heterocycles. The van der Waals surface area contributed by atoms with E-state index >= 15 is 0 Å². The lowest BCUT2D eigenvalue weighted by Crippen LogP contribution is -1.80. The molecule has 0 aliphatic carbocycles. The van der Waals surface area contributed by atoms with Crippen LogP contribution < -0.4 is 0 Å². The minimum atomic E-state index is 0.721. The summed E-state index contributed by atoms with van der Waals surface area (Å²) in [7, 11) is 0. The predicted molar refractivity (Wildman–Crippen MR) is 74.8 cm³/mol. The Morgan fingerprint density at radius 2 is 1.88 bits per heavy atom. The fourth-order valence-electron chi connectivity index (χ4n) is 1.84. The first-order chi connectivity index (χ1) is 8.25. The molecule has 1 nitrogen and oxygen atoms in total. The van der Waals surface area contributed by atoms with Crippen LogP contribution in [0.2, 0.25) is 5.02 Å². The van der Waals surface area contributed by atoms with Crippen LogP contribution in [0.1, 0.15) is 5.56 Å². The van der Waals surface area contributed by atoms with Crippen LogP contribution in [0.3, 0.4) is 0 Å². The van der Waals surface area contributed by atoms with Gasteiger partial charge in [0.05, 0.1) is 9.72 Å². The molecule has 0 spiro atoms. The highest BCUT2D eigenvalue weighted by Crippen LogP contribution is 2.34. The van der Waals surface area contributed by atoms with E-state index in [0.717, 1.165) is 20.2 Å². The van der Waals surface area contributed by atoms with Crippen molar-refractivity contribution in [3.63, 3.8) is 0 Å². The van der Waals surface area contributed by atoms with Crippen molar-refractivity contribution in [1.29, 1.82) is 0 Å². The number of hydrogen-bond donors (Lipinski definition) is 0. The summed E-state index contributed by atoms with van der Waals surface area (Å²) in [6, 6.07) is 14.2. The average Bonchev–Trinajstić information content (AvgIpc) is 2.75. The number of rotatable bonds is 1. The lowest BCUT2D eigenvalue weighted by atomic mass is 10.1. The Hall–Kier alpha value is -1.38. The number of nitrogens with zero attached hydrogens (tertiary/aromatic N) is 1. The maximum absolute atomic E-state index is 6.14. The molecule has 1 heterocycles. The standard InChI is InChI=1S/C14H10ClNS/c1-9-5-2-3-6-10(9)14-16-13-11(15)7-4-8-12(13)17-14/h2-8H,1H3. The van der Waals surface area contributed by atoms with Gasteiger partial charge in [0.2, 0.25) is 0 Å². The summed E-state index contributed by atoms with van der Waals surface area (Å²) >= 11 is 7.82. The van der Waals surface area contributed by atoms with Crippen molar-refractivity contribution < 1.29 is 0 Å². The Balaban J connectivity index is 2.26. The van der Waals surface area contributed by atoms with Crippen LogP contribution >= 0.6 is 22.9 Å². The maximum atomic E-state index is 6.14. The quantitative estimate of drug-likeness (QED) is 0.604. The lowest BCUT2D eigenvalue weighted by Gasteiger charge is -1.99. The molecule has 0 atom stereocenters. The van der Waals surface area contributed by atoms with E-state index in [1.54, 1.807) is 11.3 Å². The van der Waals surface area contributed by atoms with E-state index < -0.39 is 0 Å². The summed E-state index contributed by atoms with van der Waals surface area (Å²) in [5, 5.41) is 1.75. The number of halogens is 1. The van der Waals surface area contributed by atoms with E-state index in [0.29, 0.717) is 0 Å². The van der Waals surface area contributed by atoms with E-state index in [1.807, 2.05) is 24.3 Å². The zero-order valence-electron chi connectivity index (χ0n) is 9.27. The zero-order chi connectivity index (χ0) is 11.8. The van der Waals surface area contributed by atoms with E-state index in [9.17, 15) is 0 Å². The van der Waals surface area contributed by atoms with E-state index in [4.69, 9.17) is 11.6 Å². The van der Waals surface area contributed by atoms with Crippen LogP contribution in [0.5, 0.6) is 0 Å². The highest BCUT2D eigenvalue weighted by molar-refractivity contribution is 7.21. The van der Waals surface area contributed by atoms with Crippen LogP contribution in [-0.4, -0.2) is 4.98 Å². The Kier molecular flexibility index (Phi) is 2.61. The largest absolute Gasteiger partial charge is 0.234 e. The molecule has 0 saturated heterocycles. The number of benzene rings is 2. The number of aryl methyl sites for hydroxylation is 1. The summed E-state index contributed by atoms with van der Waals surface area (Å²) in [5.74, 6) is 0. The first-order valence-corrected chi connectivity index (χ1v) is 6.56. The van der Waals surface area contributed by atoms with E-state index in [2.05, 4.69) is 30.1 Å². The molecule has 17 heavy (non-hydrogen) atoms. The minimum Gasteiger partial charge on any atom is -0.234 e. The number of para-hydroxylation sites is 1. The van der Waals surface area contributed by atoms with Gasteiger partial charge in [-0.2, -0.15) is 0 Å². The molecule has 1 aromatic heterocycles. The number of hydrogen-bond acceptors (Lipinski definition) is 2. The molecule has 3 rings (SSSR count). The van der Waals surface area contributed by atoms with Gasteiger partial charge in [0.15, 0.2) is 0 Å². The second-order valence-electron chi connectivity index (χ2n) is 3.92. The predicted octanol–water partition coefficient (Wildman–Crippen LogP) is 4.93. The number of aromatic nitrogens is 1. The third-order valence-electron chi connectivity index (χ3n) is 2.75. The lowest BCUT2D eigenvalue weighted by molar-refractivity contribution is 1.41. The molecule has 2 aromatic carbocycles. The number of thiazole rings is 1. The van der Waals surface area contributed by atoms with Crippen LogP contribution in [0.25, 0.3) is 20.8 Å². The average molecular weight is 260 g/mol. The van der Waals surface area contributed by atoms with Crippen molar-refractivity contribution >= 4 is 33.2 Å². The van der Waals surface area contributed by atoms with Gasteiger partial charge in [-0.1, -0.05) is 41.9 Å². The van der Waals surface area contributed by atoms with Gasteiger partial charge in [0, 0.05) is 5.56 Å². The van der Waals surface area contributed by atoms with Gasteiger partial charge in [0.1, 0.15) is 10.5 Å². The molecule has 0 unspecified atom stereocenters. The highest BCUT2D eigenvalue weighted by atomic mass is 35.5. The van der Waals surface area contributed by atoms with Crippen LogP contribution in [0.15, 0.2) is 42.5 Å².